The van der Waals surface area contributed by atoms with E-state index in [1.165, 1.54) is 42.4 Å². The third-order valence-electron chi connectivity index (χ3n) is 11.8. The van der Waals surface area contributed by atoms with Gasteiger partial charge in [-0.25, -0.2) is 0 Å². The lowest BCUT2D eigenvalue weighted by Gasteiger charge is -2.43. The number of carbonyl (C=O) groups is 5. The highest BCUT2D eigenvalue weighted by Gasteiger charge is 2.50. The first-order valence-corrected chi connectivity index (χ1v) is 18.4. The molecule has 55 heavy (non-hydrogen) atoms. The highest BCUT2D eigenvalue weighted by molar-refractivity contribution is 6.31. The van der Waals surface area contributed by atoms with E-state index in [1.807, 2.05) is 0 Å². The van der Waals surface area contributed by atoms with Crippen LogP contribution < -0.4 is 10.1 Å². The number of ketones is 3. The standard InChI is InChI=1S/C39H44N2O14/c1-17-33(46)22(40-38(51)19-8-6-18(7-9-19)15-41-26(44)10-11-27(41)45)12-28(54-17)55-24-14-39(52,25(43)16-42)13-21-30(24)37(50)32-31(35(21)48)34(47)20-4-3-5-23(53-2)29(20)36(32)49/h3-5,10-11,17-19,22,24,26,28,33,42,44,46,48,50,52H,6-9,12-16H2,1-2H3,(H,40,51). The smallest absolute Gasteiger partial charge is 0.248 e. The van der Waals surface area contributed by atoms with Crippen LogP contribution in [-0.4, -0.2) is 121 Å². The van der Waals surface area contributed by atoms with Crippen LogP contribution in [0.25, 0.3) is 0 Å². The fourth-order valence-corrected chi connectivity index (χ4v) is 8.74. The van der Waals surface area contributed by atoms with Gasteiger partial charge >= 0.3 is 0 Å². The zero-order valence-corrected chi connectivity index (χ0v) is 30.3. The van der Waals surface area contributed by atoms with E-state index in [4.69, 9.17) is 14.2 Å². The van der Waals surface area contributed by atoms with Gasteiger partial charge in [0, 0.05) is 54.5 Å². The maximum atomic E-state index is 13.9. The first-order valence-electron chi connectivity index (χ1n) is 18.4. The van der Waals surface area contributed by atoms with E-state index in [9.17, 15) is 54.6 Å². The third kappa shape index (κ3) is 6.70. The van der Waals surface area contributed by atoms with Gasteiger partial charge in [0.05, 0.1) is 42.0 Å². The fraction of sp³-hybridized carbons (Fsp3) is 0.513. The molecule has 2 aliphatic heterocycles. The molecule has 0 spiro atoms. The van der Waals surface area contributed by atoms with Crippen molar-refractivity contribution in [1.82, 2.24) is 10.2 Å². The van der Waals surface area contributed by atoms with Gasteiger partial charge in [0.25, 0.3) is 0 Å². The minimum absolute atomic E-state index is 0.0640. The highest BCUT2D eigenvalue weighted by Crippen LogP contribution is 2.52. The number of phenols is 2. The Labute approximate surface area is 315 Å². The number of Topliss-reactive ketones (excluding diaryl/α,β-unsaturated/α-hetero) is 1. The Hall–Kier alpha value is -4.71. The van der Waals surface area contributed by atoms with Gasteiger partial charge in [-0.3, -0.25) is 24.0 Å². The monoisotopic (exact) mass is 764 g/mol. The van der Waals surface area contributed by atoms with E-state index >= 15 is 0 Å². The topological polar surface area (TPSA) is 250 Å². The molecule has 0 radical (unpaired) electrons. The number of aliphatic hydroxyl groups is 4. The lowest BCUT2D eigenvalue weighted by Crippen LogP contribution is -2.56. The molecule has 0 bridgehead atoms. The summed E-state index contributed by atoms with van der Waals surface area (Å²) in [6.07, 6.45) is -1.89. The summed E-state index contributed by atoms with van der Waals surface area (Å²) in [6.45, 7) is 0.861. The average Bonchev–Trinajstić information content (AvgIpc) is 3.48. The molecule has 2 fully saturated rings. The second-order valence-electron chi connectivity index (χ2n) is 15.1. The van der Waals surface area contributed by atoms with Crippen LogP contribution in [0.2, 0.25) is 0 Å². The Morgan fingerprint density at radius 3 is 2.38 bits per heavy atom. The second kappa shape index (κ2) is 14.7. The van der Waals surface area contributed by atoms with Crippen LogP contribution >= 0.6 is 0 Å². The molecule has 0 aromatic heterocycles. The van der Waals surface area contributed by atoms with Crippen LogP contribution in [0, 0.1) is 11.8 Å². The number of nitrogens with zero attached hydrogens (tertiary/aromatic N) is 1. The number of amides is 2. The van der Waals surface area contributed by atoms with Crippen molar-refractivity contribution < 1.29 is 68.8 Å². The first-order chi connectivity index (χ1) is 26.2. The molecule has 1 saturated heterocycles. The van der Waals surface area contributed by atoms with Crippen LogP contribution in [0.15, 0.2) is 30.4 Å². The molecule has 16 nitrogen and oxygen atoms in total. The van der Waals surface area contributed by atoms with Crippen LogP contribution in [0.1, 0.15) is 94.5 Å². The number of nitrogens with one attached hydrogen (secondary N) is 1. The van der Waals surface area contributed by atoms with Crippen molar-refractivity contribution in [2.45, 2.75) is 94.3 Å². The normalized spacial score (nSPS) is 31.5. The highest BCUT2D eigenvalue weighted by atomic mass is 16.7. The molecule has 7 N–H and O–H groups in total. The van der Waals surface area contributed by atoms with Crippen molar-refractivity contribution >= 4 is 29.2 Å². The number of aliphatic hydroxyl groups excluding tert-OH is 3. The molecule has 7 atom stereocenters. The summed E-state index contributed by atoms with van der Waals surface area (Å²) < 4.78 is 17.6. The Balaban J connectivity index is 1.13. The molecule has 2 aromatic rings. The fourth-order valence-electron chi connectivity index (χ4n) is 8.74. The Bertz CT molecular complexity index is 1970. The van der Waals surface area contributed by atoms with Crippen LogP contribution in [0.4, 0.5) is 0 Å². The van der Waals surface area contributed by atoms with Crippen molar-refractivity contribution in [3.05, 3.63) is 63.7 Å². The number of rotatable bonds is 9. The lowest BCUT2D eigenvalue weighted by atomic mass is 9.72. The molecule has 1 saturated carbocycles. The zero-order valence-electron chi connectivity index (χ0n) is 30.3. The first kappa shape index (κ1) is 38.6. The minimum atomic E-state index is -2.34. The second-order valence-corrected chi connectivity index (χ2v) is 15.1. The predicted molar refractivity (Wildman–Crippen MR) is 188 cm³/mol. The van der Waals surface area contributed by atoms with Crippen molar-refractivity contribution in [1.29, 1.82) is 0 Å². The minimum Gasteiger partial charge on any atom is -0.507 e. The van der Waals surface area contributed by atoms with Crippen LogP contribution in [0.3, 0.4) is 0 Å². The summed E-state index contributed by atoms with van der Waals surface area (Å²) in [6, 6.07) is 3.44. The van der Waals surface area contributed by atoms with Crippen LogP contribution in [-0.2, 0) is 30.3 Å². The number of phenolic OH excluding ortho intramolecular Hbond substituents is 2. The molecule has 2 amide bonds. The van der Waals surface area contributed by atoms with Gasteiger partial charge in [-0.05, 0) is 50.7 Å². The Kier molecular flexibility index (Phi) is 10.3. The van der Waals surface area contributed by atoms with E-state index in [-0.39, 0.29) is 58.1 Å². The van der Waals surface area contributed by atoms with E-state index in [2.05, 4.69) is 5.32 Å². The van der Waals surface area contributed by atoms with Crippen molar-refractivity contribution in [3.63, 3.8) is 0 Å². The maximum absolute atomic E-state index is 13.9. The molecule has 16 heteroatoms. The summed E-state index contributed by atoms with van der Waals surface area (Å²) in [4.78, 5) is 67.6. The molecule has 5 aliphatic rings. The Morgan fingerprint density at radius 1 is 1.02 bits per heavy atom. The molecule has 2 aromatic carbocycles. The van der Waals surface area contributed by atoms with E-state index in [1.54, 1.807) is 6.92 Å². The van der Waals surface area contributed by atoms with E-state index in [0.717, 1.165) is 0 Å². The number of methoxy groups -OCH3 is 1. The number of hydrogen-bond acceptors (Lipinski definition) is 14. The van der Waals surface area contributed by atoms with Crippen molar-refractivity contribution in [2.75, 3.05) is 20.3 Å². The number of benzene rings is 2. The van der Waals surface area contributed by atoms with Gasteiger partial charge in [-0.1, -0.05) is 12.1 Å². The number of fused-ring (bicyclic) bond motifs is 3. The Morgan fingerprint density at radius 2 is 1.73 bits per heavy atom. The molecule has 2 heterocycles. The molecule has 7 unspecified atom stereocenters. The van der Waals surface area contributed by atoms with Gasteiger partial charge in [0.15, 0.2) is 17.9 Å². The summed E-state index contributed by atoms with van der Waals surface area (Å²) >= 11 is 0. The van der Waals surface area contributed by atoms with Crippen molar-refractivity contribution in [3.8, 4) is 17.2 Å². The van der Waals surface area contributed by atoms with E-state index < -0.39 is 102 Å². The summed E-state index contributed by atoms with van der Waals surface area (Å²) in [5.74, 6) is -4.86. The third-order valence-corrected chi connectivity index (χ3v) is 11.8. The summed E-state index contributed by atoms with van der Waals surface area (Å²) in [5.41, 5.74) is -4.01. The van der Waals surface area contributed by atoms with Gasteiger partial charge in [-0.15, -0.1) is 0 Å². The zero-order chi connectivity index (χ0) is 39.5. The molecule has 294 valence electrons. The van der Waals surface area contributed by atoms with Gasteiger partial charge < -0.3 is 55.1 Å². The quantitative estimate of drug-likeness (QED) is 0.148. The molecule has 3 aliphatic carbocycles. The summed E-state index contributed by atoms with van der Waals surface area (Å²) in [5, 5.41) is 68.7. The number of ether oxygens (including phenoxy) is 3. The van der Waals surface area contributed by atoms with Gasteiger partial charge in [-0.2, -0.15) is 0 Å². The molecular weight excluding hydrogens is 720 g/mol. The van der Waals surface area contributed by atoms with E-state index in [0.29, 0.717) is 32.2 Å². The lowest BCUT2D eigenvalue weighted by molar-refractivity contribution is -0.249. The number of hydrogen-bond donors (Lipinski definition) is 7. The summed E-state index contributed by atoms with van der Waals surface area (Å²) in [7, 11) is 1.31. The molecule has 7 rings (SSSR count). The number of carbonyl (C=O) groups excluding carboxylic acids is 5. The van der Waals surface area contributed by atoms with Crippen molar-refractivity contribution in [2.24, 2.45) is 11.8 Å². The molecular formula is C39H44N2O14. The SMILES string of the molecule is COc1cccc2c1C(=O)c1c(O)c3c(c(O)c1C2=O)CC(O)(C(=O)CO)CC3OC1CC(NC(=O)C2CCC(CN3C(=O)C=CC3O)CC2)C(O)C(C)O1. The average molecular weight is 765 g/mol. The largest absolute Gasteiger partial charge is 0.507 e. The maximum Gasteiger partial charge on any atom is 0.248 e. The predicted octanol–water partition coefficient (Wildman–Crippen LogP) is 0.682. The van der Waals surface area contributed by atoms with Gasteiger partial charge in [0.1, 0.15) is 41.8 Å². The van der Waals surface area contributed by atoms with Gasteiger partial charge in [0.2, 0.25) is 17.6 Å². The van der Waals surface area contributed by atoms with Crippen LogP contribution in [0.5, 0.6) is 17.2 Å². The number of aromatic hydroxyl groups is 2.